The Morgan fingerprint density at radius 1 is 1.00 bits per heavy atom. The minimum Gasteiger partial charge on any atom is -0.497 e. The zero-order valence-electron chi connectivity index (χ0n) is 17.6. The lowest BCUT2D eigenvalue weighted by atomic mass is 10.2. The van der Waals surface area contributed by atoms with E-state index in [0.29, 0.717) is 5.56 Å². The highest BCUT2D eigenvalue weighted by Crippen LogP contribution is 2.18. The molecule has 156 valence electrons. The number of amides is 1. The van der Waals surface area contributed by atoms with Crippen LogP contribution in [0.3, 0.4) is 0 Å². The molecule has 0 bridgehead atoms. The third-order valence-electron chi connectivity index (χ3n) is 5.68. The number of rotatable bonds is 5. The summed E-state index contributed by atoms with van der Waals surface area (Å²) in [7, 11) is 1.68. The summed E-state index contributed by atoms with van der Waals surface area (Å²) in [5.74, 6) is 0.943. The van der Waals surface area contributed by atoms with Gasteiger partial charge in [-0.05, 0) is 43.2 Å². The first-order valence-electron chi connectivity index (χ1n) is 10.4. The molecule has 2 heterocycles. The van der Waals surface area contributed by atoms with Gasteiger partial charge in [0.2, 0.25) is 0 Å². The van der Waals surface area contributed by atoms with E-state index in [-0.39, 0.29) is 5.91 Å². The van der Waals surface area contributed by atoms with E-state index in [1.54, 1.807) is 13.3 Å². The van der Waals surface area contributed by atoms with Crippen LogP contribution >= 0.6 is 0 Å². The van der Waals surface area contributed by atoms with Crippen molar-refractivity contribution < 1.29 is 9.53 Å². The highest BCUT2D eigenvalue weighted by atomic mass is 16.5. The highest BCUT2D eigenvalue weighted by molar-refractivity contribution is 5.95. The monoisotopic (exact) mass is 404 g/mol. The summed E-state index contributed by atoms with van der Waals surface area (Å²) >= 11 is 0. The molecule has 1 fully saturated rings. The number of methoxy groups -OCH3 is 1. The molecule has 0 spiro atoms. The quantitative estimate of drug-likeness (QED) is 0.653. The van der Waals surface area contributed by atoms with E-state index in [0.717, 1.165) is 56.3 Å². The van der Waals surface area contributed by atoms with Crippen LogP contribution in [0.4, 0.5) is 0 Å². The zero-order valence-corrected chi connectivity index (χ0v) is 17.6. The summed E-state index contributed by atoms with van der Waals surface area (Å²) in [6, 6.07) is 18.1. The molecule has 1 aliphatic heterocycles. The Kier molecular flexibility index (Phi) is 6.14. The molecule has 1 aromatic heterocycles. The minimum atomic E-state index is 0.0704. The van der Waals surface area contributed by atoms with Crippen LogP contribution in [-0.4, -0.2) is 58.8 Å². The van der Waals surface area contributed by atoms with Crippen molar-refractivity contribution in [2.45, 2.75) is 19.9 Å². The van der Waals surface area contributed by atoms with Gasteiger partial charge in [-0.3, -0.25) is 9.69 Å². The summed E-state index contributed by atoms with van der Waals surface area (Å²) in [6.07, 6.45) is 2.67. The van der Waals surface area contributed by atoms with Crippen molar-refractivity contribution in [3.8, 4) is 11.4 Å². The van der Waals surface area contributed by atoms with Crippen LogP contribution in [0, 0.1) is 6.92 Å². The second-order valence-corrected chi connectivity index (χ2v) is 7.66. The van der Waals surface area contributed by atoms with Gasteiger partial charge in [-0.15, -0.1) is 0 Å². The molecule has 0 unspecified atom stereocenters. The molecule has 6 heteroatoms. The van der Waals surface area contributed by atoms with Crippen molar-refractivity contribution in [2.24, 2.45) is 0 Å². The van der Waals surface area contributed by atoms with E-state index in [4.69, 9.17) is 4.74 Å². The SMILES string of the molecule is COc1ccc(CN2CCCN(C(=O)c3cnn(-c4ccccc4)c3C)CC2)cc1. The molecule has 3 aromatic rings. The van der Waals surface area contributed by atoms with Crippen LogP contribution in [0.5, 0.6) is 5.75 Å². The molecule has 1 amide bonds. The molecular weight excluding hydrogens is 376 g/mol. The molecular formula is C24H28N4O2. The molecule has 0 atom stereocenters. The maximum Gasteiger partial charge on any atom is 0.257 e. The number of carbonyl (C=O) groups excluding carboxylic acids is 1. The molecule has 1 aliphatic rings. The summed E-state index contributed by atoms with van der Waals surface area (Å²) in [5, 5.41) is 4.46. The number of aromatic nitrogens is 2. The zero-order chi connectivity index (χ0) is 20.9. The number of ether oxygens (including phenoxy) is 1. The van der Waals surface area contributed by atoms with Gasteiger partial charge in [0.1, 0.15) is 5.75 Å². The Hall–Kier alpha value is -3.12. The second-order valence-electron chi connectivity index (χ2n) is 7.66. The van der Waals surface area contributed by atoms with Crippen LogP contribution in [-0.2, 0) is 6.54 Å². The van der Waals surface area contributed by atoms with Crippen LogP contribution in [0.2, 0.25) is 0 Å². The third-order valence-corrected chi connectivity index (χ3v) is 5.68. The van der Waals surface area contributed by atoms with Gasteiger partial charge < -0.3 is 9.64 Å². The number of nitrogens with zero attached hydrogens (tertiary/aromatic N) is 4. The lowest BCUT2D eigenvalue weighted by Crippen LogP contribution is -2.35. The van der Waals surface area contributed by atoms with Gasteiger partial charge in [0, 0.05) is 32.7 Å². The van der Waals surface area contributed by atoms with Gasteiger partial charge in [0.05, 0.1) is 30.3 Å². The minimum absolute atomic E-state index is 0.0704. The number of carbonyl (C=O) groups is 1. The number of benzene rings is 2. The fourth-order valence-corrected chi connectivity index (χ4v) is 3.94. The third kappa shape index (κ3) is 4.39. The van der Waals surface area contributed by atoms with E-state index in [2.05, 4.69) is 22.1 Å². The van der Waals surface area contributed by atoms with Crippen LogP contribution in [0.1, 0.15) is 28.0 Å². The van der Waals surface area contributed by atoms with Gasteiger partial charge in [-0.2, -0.15) is 5.10 Å². The molecule has 0 N–H and O–H groups in total. The predicted octanol–water partition coefficient (Wildman–Crippen LogP) is 3.54. The van der Waals surface area contributed by atoms with Crippen molar-refractivity contribution in [3.05, 3.63) is 77.6 Å². The van der Waals surface area contributed by atoms with Crippen LogP contribution < -0.4 is 4.74 Å². The molecule has 0 radical (unpaired) electrons. The Bertz CT molecular complexity index is 982. The smallest absolute Gasteiger partial charge is 0.257 e. The molecule has 6 nitrogen and oxygen atoms in total. The van der Waals surface area contributed by atoms with E-state index in [9.17, 15) is 4.79 Å². The number of hydrogen-bond donors (Lipinski definition) is 0. The van der Waals surface area contributed by atoms with Crippen molar-refractivity contribution in [3.63, 3.8) is 0 Å². The Morgan fingerprint density at radius 3 is 2.50 bits per heavy atom. The Labute approximate surface area is 177 Å². The molecule has 30 heavy (non-hydrogen) atoms. The van der Waals surface area contributed by atoms with Gasteiger partial charge in [-0.1, -0.05) is 30.3 Å². The van der Waals surface area contributed by atoms with E-state index >= 15 is 0 Å². The maximum absolute atomic E-state index is 13.2. The number of hydrogen-bond acceptors (Lipinski definition) is 4. The molecule has 0 saturated carbocycles. The highest BCUT2D eigenvalue weighted by Gasteiger charge is 2.23. The first-order chi connectivity index (χ1) is 14.7. The summed E-state index contributed by atoms with van der Waals surface area (Å²) in [6.45, 7) is 6.19. The molecule has 1 saturated heterocycles. The van der Waals surface area contributed by atoms with E-state index < -0.39 is 0 Å². The van der Waals surface area contributed by atoms with Crippen molar-refractivity contribution >= 4 is 5.91 Å². The number of para-hydroxylation sites is 1. The average molecular weight is 405 g/mol. The average Bonchev–Trinajstić information content (AvgIpc) is 3.01. The molecule has 4 rings (SSSR count). The van der Waals surface area contributed by atoms with E-state index in [1.807, 2.05) is 59.0 Å². The summed E-state index contributed by atoms with van der Waals surface area (Å²) < 4.78 is 7.07. The van der Waals surface area contributed by atoms with Gasteiger partial charge in [0.15, 0.2) is 0 Å². The summed E-state index contributed by atoms with van der Waals surface area (Å²) in [5.41, 5.74) is 3.79. The fraction of sp³-hybridized carbons (Fsp3) is 0.333. The van der Waals surface area contributed by atoms with Crippen molar-refractivity contribution in [1.29, 1.82) is 0 Å². The van der Waals surface area contributed by atoms with Crippen LogP contribution in [0.15, 0.2) is 60.8 Å². The molecule has 0 aliphatic carbocycles. The lowest BCUT2D eigenvalue weighted by Gasteiger charge is -2.22. The second kappa shape index (κ2) is 9.13. The van der Waals surface area contributed by atoms with Gasteiger partial charge in [0.25, 0.3) is 5.91 Å². The first-order valence-corrected chi connectivity index (χ1v) is 10.4. The fourth-order valence-electron chi connectivity index (χ4n) is 3.94. The van der Waals surface area contributed by atoms with Crippen molar-refractivity contribution in [2.75, 3.05) is 33.3 Å². The van der Waals surface area contributed by atoms with Gasteiger partial charge in [-0.25, -0.2) is 4.68 Å². The maximum atomic E-state index is 13.2. The topological polar surface area (TPSA) is 50.6 Å². The van der Waals surface area contributed by atoms with Crippen LogP contribution in [0.25, 0.3) is 5.69 Å². The predicted molar refractivity (Wildman–Crippen MR) is 117 cm³/mol. The van der Waals surface area contributed by atoms with Gasteiger partial charge >= 0.3 is 0 Å². The summed E-state index contributed by atoms with van der Waals surface area (Å²) in [4.78, 5) is 17.6. The Balaban J connectivity index is 1.40. The largest absolute Gasteiger partial charge is 0.497 e. The lowest BCUT2D eigenvalue weighted by molar-refractivity contribution is 0.0760. The van der Waals surface area contributed by atoms with E-state index in [1.165, 1.54) is 5.56 Å². The Morgan fingerprint density at radius 2 is 1.77 bits per heavy atom. The standard InChI is InChI=1S/C24H28N4O2/c1-19-23(17-25-28(19)21-7-4-3-5-8-21)24(29)27-14-6-13-26(15-16-27)18-20-9-11-22(30-2)12-10-20/h3-5,7-12,17H,6,13-16,18H2,1-2H3. The molecule has 2 aromatic carbocycles. The normalized spacial score (nSPS) is 15.1. The van der Waals surface area contributed by atoms with Crippen molar-refractivity contribution in [1.82, 2.24) is 19.6 Å². The first kappa shape index (κ1) is 20.2.